The number of piperidine rings is 1. The molecule has 1 fully saturated rings. The molecular weight excluding hydrogens is 252 g/mol. The number of carboxylic acids is 1. The van der Waals surface area contributed by atoms with Gasteiger partial charge in [-0.05, 0) is 26.2 Å². The number of ether oxygens (including phenoxy) is 1. The Morgan fingerprint density at radius 1 is 1.42 bits per heavy atom. The minimum atomic E-state index is -0.990. The van der Waals surface area contributed by atoms with Gasteiger partial charge in [-0.3, -0.25) is 4.79 Å². The van der Waals surface area contributed by atoms with Gasteiger partial charge >= 0.3 is 18.0 Å². The van der Waals surface area contributed by atoms with Crippen LogP contribution < -0.4 is 5.32 Å². The van der Waals surface area contributed by atoms with Gasteiger partial charge in [0.2, 0.25) is 0 Å². The molecule has 1 aliphatic rings. The Morgan fingerprint density at radius 2 is 2.11 bits per heavy atom. The lowest BCUT2D eigenvalue weighted by Crippen LogP contribution is -2.53. The number of esters is 1. The molecule has 0 saturated carbocycles. The van der Waals surface area contributed by atoms with E-state index < -0.39 is 30.1 Å². The fraction of sp³-hybridized carbons (Fsp3) is 0.750. The Morgan fingerprint density at radius 3 is 2.68 bits per heavy atom. The van der Waals surface area contributed by atoms with Gasteiger partial charge in [-0.2, -0.15) is 0 Å². The van der Waals surface area contributed by atoms with E-state index in [9.17, 15) is 14.4 Å². The quantitative estimate of drug-likeness (QED) is 0.730. The van der Waals surface area contributed by atoms with Crippen LogP contribution in [0.15, 0.2) is 0 Å². The van der Waals surface area contributed by atoms with Crippen molar-refractivity contribution >= 4 is 18.0 Å². The molecule has 19 heavy (non-hydrogen) atoms. The lowest BCUT2D eigenvalue weighted by Gasteiger charge is -2.33. The summed E-state index contributed by atoms with van der Waals surface area (Å²) in [5.74, 6) is -1.41. The summed E-state index contributed by atoms with van der Waals surface area (Å²) >= 11 is 0. The molecule has 0 aromatic heterocycles. The number of carbonyl (C=O) groups excluding carboxylic acids is 2. The van der Waals surface area contributed by atoms with E-state index in [4.69, 9.17) is 5.11 Å². The third-order valence-electron chi connectivity index (χ3n) is 3.12. The average Bonchev–Trinajstić information content (AvgIpc) is 2.38. The summed E-state index contributed by atoms with van der Waals surface area (Å²) in [6.45, 7) is 2.10. The summed E-state index contributed by atoms with van der Waals surface area (Å²) in [4.78, 5) is 35.5. The smallest absolute Gasteiger partial charge is 0.326 e. The van der Waals surface area contributed by atoms with Crippen LogP contribution in [0.5, 0.6) is 0 Å². The number of hydrogen-bond acceptors (Lipinski definition) is 4. The van der Waals surface area contributed by atoms with Gasteiger partial charge in [0.25, 0.3) is 0 Å². The number of hydrogen-bond donors (Lipinski definition) is 2. The number of rotatable bonds is 4. The number of amides is 2. The van der Waals surface area contributed by atoms with Crippen LogP contribution in [0.1, 0.15) is 32.6 Å². The molecule has 2 N–H and O–H groups in total. The molecule has 0 aromatic carbocycles. The van der Waals surface area contributed by atoms with Crippen molar-refractivity contribution in [3.8, 4) is 0 Å². The van der Waals surface area contributed by atoms with Gasteiger partial charge < -0.3 is 20.1 Å². The molecule has 2 atom stereocenters. The summed E-state index contributed by atoms with van der Waals surface area (Å²) in [6, 6.07) is -1.61. The molecule has 0 spiro atoms. The Balaban J connectivity index is 2.55. The molecule has 2 unspecified atom stereocenters. The van der Waals surface area contributed by atoms with Crippen LogP contribution in [0, 0.1) is 0 Å². The van der Waals surface area contributed by atoms with E-state index in [-0.39, 0.29) is 6.42 Å². The molecule has 0 radical (unpaired) electrons. The van der Waals surface area contributed by atoms with E-state index >= 15 is 0 Å². The molecule has 1 aliphatic heterocycles. The van der Waals surface area contributed by atoms with Crippen molar-refractivity contribution in [2.24, 2.45) is 0 Å². The Kier molecular flexibility index (Phi) is 5.59. The van der Waals surface area contributed by atoms with Crippen LogP contribution in [-0.4, -0.2) is 53.7 Å². The Bertz CT molecular complexity index is 358. The van der Waals surface area contributed by atoms with Gasteiger partial charge in [-0.25, -0.2) is 9.59 Å². The minimum absolute atomic E-state index is 0.0633. The zero-order chi connectivity index (χ0) is 14.4. The SMILES string of the molecule is COC(=O)CC(C)NC(=O)N1CCCCC1C(=O)O. The molecule has 1 rings (SSSR count). The molecule has 0 bridgehead atoms. The third-order valence-corrected chi connectivity index (χ3v) is 3.12. The molecule has 2 amide bonds. The zero-order valence-corrected chi connectivity index (χ0v) is 11.2. The van der Waals surface area contributed by atoms with Crippen LogP contribution in [0.3, 0.4) is 0 Å². The fourth-order valence-electron chi connectivity index (χ4n) is 2.11. The van der Waals surface area contributed by atoms with Gasteiger partial charge in [0.1, 0.15) is 6.04 Å². The summed E-state index contributed by atoms with van der Waals surface area (Å²) in [5.41, 5.74) is 0. The Labute approximate surface area is 111 Å². The summed E-state index contributed by atoms with van der Waals surface area (Å²) in [5, 5.41) is 11.7. The number of carboxylic acid groups (broad SMARTS) is 1. The van der Waals surface area contributed by atoms with E-state index in [2.05, 4.69) is 10.1 Å². The first-order chi connectivity index (χ1) is 8.95. The van der Waals surface area contributed by atoms with Crippen molar-refractivity contribution in [1.29, 1.82) is 0 Å². The first kappa shape index (κ1) is 15.3. The number of likely N-dealkylation sites (tertiary alicyclic amines) is 1. The van der Waals surface area contributed by atoms with Crippen LogP contribution in [0.2, 0.25) is 0 Å². The predicted octanol–water partition coefficient (Wildman–Crippen LogP) is 0.587. The minimum Gasteiger partial charge on any atom is -0.480 e. The largest absolute Gasteiger partial charge is 0.480 e. The number of carbonyl (C=O) groups is 3. The Hall–Kier alpha value is -1.79. The maximum atomic E-state index is 12.0. The first-order valence-electron chi connectivity index (χ1n) is 6.32. The van der Waals surface area contributed by atoms with Gasteiger partial charge in [0.15, 0.2) is 0 Å². The third kappa shape index (κ3) is 4.42. The lowest BCUT2D eigenvalue weighted by molar-refractivity contribution is -0.143. The topological polar surface area (TPSA) is 95.9 Å². The van der Waals surface area contributed by atoms with Gasteiger partial charge in [-0.15, -0.1) is 0 Å². The number of aliphatic carboxylic acids is 1. The zero-order valence-electron chi connectivity index (χ0n) is 11.2. The average molecular weight is 272 g/mol. The number of methoxy groups -OCH3 is 1. The number of urea groups is 1. The lowest BCUT2D eigenvalue weighted by atomic mass is 10.0. The fourth-order valence-corrected chi connectivity index (χ4v) is 2.11. The number of nitrogens with zero attached hydrogens (tertiary/aromatic N) is 1. The second-order valence-corrected chi connectivity index (χ2v) is 4.67. The van der Waals surface area contributed by atoms with Crippen molar-refractivity contribution in [3.05, 3.63) is 0 Å². The van der Waals surface area contributed by atoms with E-state index in [0.29, 0.717) is 13.0 Å². The van der Waals surface area contributed by atoms with E-state index in [1.807, 2.05) is 0 Å². The summed E-state index contributed by atoms with van der Waals surface area (Å²) < 4.78 is 4.51. The second-order valence-electron chi connectivity index (χ2n) is 4.67. The van der Waals surface area contributed by atoms with Gasteiger partial charge in [-0.1, -0.05) is 0 Å². The van der Waals surface area contributed by atoms with Crippen molar-refractivity contribution < 1.29 is 24.2 Å². The molecule has 7 nitrogen and oxygen atoms in total. The summed E-state index contributed by atoms with van der Waals surface area (Å²) in [6.07, 6.45) is 2.13. The molecule has 0 aromatic rings. The van der Waals surface area contributed by atoms with Gasteiger partial charge in [0.05, 0.1) is 13.5 Å². The van der Waals surface area contributed by atoms with Crippen LogP contribution in [0.25, 0.3) is 0 Å². The normalized spacial score (nSPS) is 20.5. The van der Waals surface area contributed by atoms with Crippen molar-refractivity contribution in [1.82, 2.24) is 10.2 Å². The highest BCUT2D eigenvalue weighted by atomic mass is 16.5. The van der Waals surface area contributed by atoms with Gasteiger partial charge in [0, 0.05) is 12.6 Å². The summed E-state index contributed by atoms with van der Waals surface area (Å²) in [7, 11) is 1.28. The highest BCUT2D eigenvalue weighted by molar-refractivity contribution is 5.83. The first-order valence-corrected chi connectivity index (χ1v) is 6.32. The maximum absolute atomic E-state index is 12.0. The van der Waals surface area contributed by atoms with Crippen molar-refractivity contribution in [3.63, 3.8) is 0 Å². The standard InChI is InChI=1S/C12H20N2O5/c1-8(7-10(15)19-2)13-12(18)14-6-4-3-5-9(14)11(16)17/h8-9H,3-7H2,1-2H3,(H,13,18)(H,16,17). The highest BCUT2D eigenvalue weighted by Gasteiger charge is 2.32. The highest BCUT2D eigenvalue weighted by Crippen LogP contribution is 2.17. The maximum Gasteiger partial charge on any atom is 0.326 e. The molecule has 1 saturated heterocycles. The molecule has 108 valence electrons. The van der Waals surface area contributed by atoms with Crippen LogP contribution >= 0.6 is 0 Å². The number of nitrogens with one attached hydrogen (secondary N) is 1. The molecular formula is C12H20N2O5. The second kappa shape index (κ2) is 6.96. The van der Waals surface area contributed by atoms with E-state index in [1.165, 1.54) is 12.0 Å². The monoisotopic (exact) mass is 272 g/mol. The van der Waals surface area contributed by atoms with E-state index in [1.54, 1.807) is 6.92 Å². The van der Waals surface area contributed by atoms with Crippen LogP contribution in [-0.2, 0) is 14.3 Å². The predicted molar refractivity (Wildman–Crippen MR) is 66.6 cm³/mol. The molecule has 0 aliphatic carbocycles. The van der Waals surface area contributed by atoms with Crippen molar-refractivity contribution in [2.75, 3.05) is 13.7 Å². The molecule has 1 heterocycles. The van der Waals surface area contributed by atoms with E-state index in [0.717, 1.165) is 12.8 Å². The van der Waals surface area contributed by atoms with Crippen LogP contribution in [0.4, 0.5) is 4.79 Å². The molecule has 7 heteroatoms. The van der Waals surface area contributed by atoms with Crippen molar-refractivity contribution in [2.45, 2.75) is 44.7 Å².